The van der Waals surface area contributed by atoms with Gasteiger partial charge in [0, 0.05) is 0 Å². The van der Waals surface area contributed by atoms with Gasteiger partial charge in [0.15, 0.2) is 0 Å². The minimum atomic E-state index is -0.415. The molecule has 5 rings (SSSR count). The van der Waals surface area contributed by atoms with E-state index in [0.29, 0.717) is 0 Å². The maximum absolute atomic E-state index is 5.90. The minimum absolute atomic E-state index is 0.0668. The monoisotopic (exact) mass is 604 g/mol. The van der Waals surface area contributed by atoms with Crippen LogP contribution in [0, 0.1) is 6.92 Å². The van der Waals surface area contributed by atoms with Crippen molar-refractivity contribution in [1.82, 2.24) is 0 Å². The molecule has 0 spiro atoms. The molecule has 3 heteroatoms. The molecule has 0 heterocycles. The SMILES string of the molecule is CO[I-]C1([I-]C)c2ccccc2-c2ccc(-c3ccc(C)c4ccccc34)cc21. The standard InChI is InChI=1S/C26H22I2O/c1-17-12-14-20(21-9-5-4-8-19(17)21)18-13-15-23-22-10-6-7-11-24(22)26(27-2,28-29-3)25(23)16-18/h4-16H,1-3H3/q-2. The van der Waals surface area contributed by atoms with Gasteiger partial charge in [-0.3, -0.25) is 0 Å². The molecule has 0 amide bonds. The first kappa shape index (κ1) is 19.5. The van der Waals surface area contributed by atoms with Crippen LogP contribution in [0.1, 0.15) is 16.7 Å². The summed E-state index contributed by atoms with van der Waals surface area (Å²) in [5.74, 6) is 0. The van der Waals surface area contributed by atoms with E-state index in [9.17, 15) is 0 Å². The van der Waals surface area contributed by atoms with Crippen molar-refractivity contribution in [3.63, 3.8) is 0 Å². The van der Waals surface area contributed by atoms with E-state index in [1.807, 2.05) is 7.11 Å². The van der Waals surface area contributed by atoms with E-state index in [1.165, 1.54) is 49.7 Å². The van der Waals surface area contributed by atoms with Crippen LogP contribution in [0.4, 0.5) is 0 Å². The average Bonchev–Trinajstić information content (AvgIpc) is 3.04. The summed E-state index contributed by atoms with van der Waals surface area (Å²) in [6.07, 6.45) is 0. The molecule has 0 aliphatic heterocycles. The molecule has 0 N–H and O–H groups in total. The zero-order chi connectivity index (χ0) is 20.0. The number of hydrogen-bond donors (Lipinski definition) is 0. The van der Waals surface area contributed by atoms with Crippen molar-refractivity contribution >= 4 is 10.8 Å². The van der Waals surface area contributed by atoms with Gasteiger partial charge >= 0.3 is 195 Å². The van der Waals surface area contributed by atoms with Crippen LogP contribution in [-0.4, -0.2) is 12.0 Å². The zero-order valence-corrected chi connectivity index (χ0v) is 21.0. The predicted molar refractivity (Wildman–Crippen MR) is 113 cm³/mol. The summed E-state index contributed by atoms with van der Waals surface area (Å²) < 4.78 is 6.04. The van der Waals surface area contributed by atoms with E-state index in [4.69, 9.17) is 3.07 Å². The number of hydrogen-bond acceptors (Lipinski definition) is 1. The van der Waals surface area contributed by atoms with Crippen molar-refractivity contribution in [3.8, 4) is 22.3 Å². The van der Waals surface area contributed by atoms with Crippen molar-refractivity contribution < 1.29 is 45.9 Å². The fraction of sp³-hybridized carbons (Fsp3) is 0.154. The third-order valence-corrected chi connectivity index (χ3v) is 14.5. The molecule has 0 aromatic heterocycles. The van der Waals surface area contributed by atoms with Crippen LogP contribution in [0.25, 0.3) is 33.0 Å². The Hall–Kier alpha value is -1.44. The van der Waals surface area contributed by atoms with Crippen LogP contribution in [0.3, 0.4) is 0 Å². The fourth-order valence-electron chi connectivity index (χ4n) is 4.47. The molecule has 148 valence electrons. The van der Waals surface area contributed by atoms with E-state index in [1.54, 1.807) is 0 Å². The molecular weight excluding hydrogens is 582 g/mol. The number of benzene rings is 4. The number of alkyl halides is 3. The Morgan fingerprint density at radius 3 is 2.21 bits per heavy atom. The fourth-order valence-corrected chi connectivity index (χ4v) is 10.9. The Bertz CT molecular complexity index is 1230. The number of halogens is 2. The Kier molecular flexibility index (Phi) is 5.16. The van der Waals surface area contributed by atoms with Crippen molar-refractivity contribution in [3.05, 3.63) is 95.6 Å². The van der Waals surface area contributed by atoms with Gasteiger partial charge in [-0.1, -0.05) is 0 Å². The second-order valence-electron chi connectivity index (χ2n) is 7.28. The summed E-state index contributed by atoms with van der Waals surface area (Å²) in [7, 11) is 1.88. The molecule has 0 radical (unpaired) electrons. The van der Waals surface area contributed by atoms with Gasteiger partial charge in [-0.2, -0.15) is 0 Å². The molecule has 0 saturated heterocycles. The van der Waals surface area contributed by atoms with Crippen LogP contribution >= 0.6 is 0 Å². The van der Waals surface area contributed by atoms with Crippen LogP contribution in [0.5, 0.6) is 0 Å². The van der Waals surface area contributed by atoms with Gasteiger partial charge in [0.05, 0.1) is 0 Å². The molecule has 0 bridgehead atoms. The molecule has 4 aromatic carbocycles. The van der Waals surface area contributed by atoms with Gasteiger partial charge < -0.3 is 0 Å². The zero-order valence-electron chi connectivity index (χ0n) is 16.7. The van der Waals surface area contributed by atoms with Crippen LogP contribution in [-0.2, 0) is 4.49 Å². The van der Waals surface area contributed by atoms with Gasteiger partial charge in [0.25, 0.3) is 0 Å². The number of aryl methyl sites for hydroxylation is 1. The van der Waals surface area contributed by atoms with Gasteiger partial charge in [-0.05, 0) is 0 Å². The van der Waals surface area contributed by atoms with Gasteiger partial charge in [-0.25, -0.2) is 0 Å². The summed E-state index contributed by atoms with van der Waals surface area (Å²) in [6.45, 7) is 2.20. The molecule has 1 unspecified atom stereocenters. The first-order valence-corrected chi connectivity index (χ1v) is 14.8. The summed E-state index contributed by atoms with van der Waals surface area (Å²) in [5.41, 5.74) is 9.76. The van der Waals surface area contributed by atoms with Crippen molar-refractivity contribution in [2.75, 3.05) is 12.0 Å². The second-order valence-corrected chi connectivity index (χ2v) is 15.0. The third kappa shape index (κ3) is 2.96. The van der Waals surface area contributed by atoms with E-state index in [-0.39, 0.29) is 22.6 Å². The van der Waals surface area contributed by atoms with Crippen LogP contribution in [0.2, 0.25) is 0 Å². The Morgan fingerprint density at radius 2 is 1.41 bits per heavy atom. The molecule has 4 aromatic rings. The van der Waals surface area contributed by atoms with Crippen molar-refractivity contribution in [1.29, 1.82) is 0 Å². The average molecular weight is 604 g/mol. The van der Waals surface area contributed by atoms with Gasteiger partial charge in [0.1, 0.15) is 0 Å². The maximum atomic E-state index is 5.90. The van der Waals surface area contributed by atoms with E-state index < -0.39 is 21.6 Å². The van der Waals surface area contributed by atoms with Crippen LogP contribution < -0.4 is 42.8 Å². The topological polar surface area (TPSA) is 9.23 Å². The van der Waals surface area contributed by atoms with Gasteiger partial charge in [0.2, 0.25) is 0 Å². The summed E-state index contributed by atoms with van der Waals surface area (Å²) in [6, 6.07) is 29.4. The summed E-state index contributed by atoms with van der Waals surface area (Å²) in [5, 5.41) is 2.67. The normalized spacial score (nSPS) is 17.6. The van der Waals surface area contributed by atoms with Gasteiger partial charge in [-0.15, -0.1) is 0 Å². The van der Waals surface area contributed by atoms with E-state index in [2.05, 4.69) is 90.7 Å². The second kappa shape index (κ2) is 7.67. The Balaban J connectivity index is 1.77. The Morgan fingerprint density at radius 1 is 0.724 bits per heavy atom. The Labute approximate surface area is 193 Å². The first-order valence-electron chi connectivity index (χ1n) is 9.62. The molecule has 1 aliphatic rings. The molecule has 1 aliphatic carbocycles. The third-order valence-electron chi connectivity index (χ3n) is 5.81. The molecule has 1 atom stereocenters. The van der Waals surface area contributed by atoms with Crippen LogP contribution in [0.15, 0.2) is 78.9 Å². The molecule has 0 fully saturated rings. The van der Waals surface area contributed by atoms with E-state index >= 15 is 0 Å². The molecular formula is C26H22I2O-2. The first-order chi connectivity index (χ1) is 14.2. The summed E-state index contributed by atoms with van der Waals surface area (Å²) in [4.78, 5) is 2.41. The predicted octanol–water partition coefficient (Wildman–Crippen LogP) is 0.366. The van der Waals surface area contributed by atoms with Crippen molar-refractivity contribution in [2.45, 2.75) is 8.35 Å². The molecule has 0 saturated carbocycles. The molecule has 29 heavy (non-hydrogen) atoms. The van der Waals surface area contributed by atoms with Crippen molar-refractivity contribution in [2.24, 2.45) is 0 Å². The number of rotatable bonds is 4. The summed E-state index contributed by atoms with van der Waals surface area (Å²) >= 11 is -0.482. The quantitative estimate of drug-likeness (QED) is 0.242. The van der Waals surface area contributed by atoms with E-state index in [0.717, 1.165) is 0 Å². The molecule has 1 nitrogen and oxygen atoms in total. The number of fused-ring (bicyclic) bond motifs is 4.